The number of ether oxygens (including phenoxy) is 1. The summed E-state index contributed by atoms with van der Waals surface area (Å²) < 4.78 is 31.0. The number of nitrogens with zero attached hydrogens (tertiary/aromatic N) is 2. The van der Waals surface area contributed by atoms with E-state index < -0.39 is 10.0 Å². The summed E-state index contributed by atoms with van der Waals surface area (Å²) in [5, 5.41) is 2.94. The summed E-state index contributed by atoms with van der Waals surface area (Å²) in [5.74, 6) is 1.21. The molecule has 1 aliphatic rings. The maximum absolute atomic E-state index is 12.3. The van der Waals surface area contributed by atoms with Crippen molar-refractivity contribution in [1.82, 2.24) is 5.32 Å². The third-order valence-corrected chi connectivity index (χ3v) is 7.15. The second-order valence-electron chi connectivity index (χ2n) is 8.78. The Morgan fingerprint density at radius 3 is 2.64 bits per heavy atom. The van der Waals surface area contributed by atoms with Crippen molar-refractivity contribution in [2.45, 2.75) is 39.2 Å². The van der Waals surface area contributed by atoms with Crippen molar-refractivity contribution in [1.29, 1.82) is 0 Å². The first-order chi connectivity index (χ1) is 15.8. The van der Waals surface area contributed by atoms with Crippen molar-refractivity contribution >= 4 is 27.3 Å². The zero-order chi connectivity index (χ0) is 23.8. The normalized spacial score (nSPS) is 16.3. The van der Waals surface area contributed by atoms with Crippen LogP contribution >= 0.6 is 0 Å². The van der Waals surface area contributed by atoms with Crippen LogP contribution in [0.15, 0.2) is 48.5 Å². The molecule has 0 aromatic heterocycles. The van der Waals surface area contributed by atoms with Crippen LogP contribution in [0.2, 0.25) is 0 Å². The lowest BCUT2D eigenvalue weighted by Crippen LogP contribution is -2.34. The summed E-state index contributed by atoms with van der Waals surface area (Å²) in [4.78, 5) is 14.8. The average Bonchev–Trinajstić information content (AvgIpc) is 2.80. The Labute approximate surface area is 197 Å². The minimum Gasteiger partial charge on any atom is -0.497 e. The molecule has 1 fully saturated rings. The highest BCUT2D eigenvalue weighted by Crippen LogP contribution is 2.24. The van der Waals surface area contributed by atoms with Gasteiger partial charge in [0, 0.05) is 44.4 Å². The first-order valence-corrected chi connectivity index (χ1v) is 13.3. The van der Waals surface area contributed by atoms with Crippen LogP contribution in [0.3, 0.4) is 0 Å². The Morgan fingerprint density at radius 1 is 1.21 bits per heavy atom. The molecular formula is C25H35N3O4S. The molecule has 1 aliphatic heterocycles. The molecule has 1 amide bonds. The lowest BCUT2D eigenvalue weighted by molar-refractivity contribution is -0.121. The number of nitrogens with one attached hydrogen (secondary N) is 1. The van der Waals surface area contributed by atoms with Crippen molar-refractivity contribution < 1.29 is 17.9 Å². The van der Waals surface area contributed by atoms with Gasteiger partial charge in [-0.2, -0.15) is 0 Å². The third-order valence-electron chi connectivity index (χ3n) is 5.95. The monoisotopic (exact) mass is 473 g/mol. The molecule has 0 bridgehead atoms. The number of hydrogen-bond donors (Lipinski definition) is 1. The minimum atomic E-state index is -3.47. The lowest BCUT2D eigenvalue weighted by Gasteiger charge is -2.32. The summed E-state index contributed by atoms with van der Waals surface area (Å²) in [5.41, 5.74) is 2.81. The molecule has 0 aliphatic carbocycles. The molecule has 1 N–H and O–H groups in total. The summed E-state index contributed by atoms with van der Waals surface area (Å²) in [6.07, 6.45) is 4.36. The topological polar surface area (TPSA) is 79.0 Å². The number of piperidine rings is 1. The highest BCUT2D eigenvalue weighted by atomic mass is 32.2. The van der Waals surface area contributed by atoms with Crippen LogP contribution in [0.4, 0.5) is 11.4 Å². The van der Waals surface area contributed by atoms with Crippen molar-refractivity contribution in [3.05, 3.63) is 54.1 Å². The first kappa shape index (κ1) is 24.9. The van der Waals surface area contributed by atoms with E-state index in [-0.39, 0.29) is 18.9 Å². The van der Waals surface area contributed by atoms with Gasteiger partial charge in [0.05, 0.1) is 19.1 Å². The van der Waals surface area contributed by atoms with Crippen LogP contribution in [0.5, 0.6) is 5.75 Å². The van der Waals surface area contributed by atoms with Gasteiger partial charge in [-0.1, -0.05) is 25.1 Å². The standard InChI is InChI=1S/C25H35N3O4S/c1-20-7-5-15-27(19-20)22-13-11-21(12-14-22)18-26-25(29)10-6-16-28(33(3,30)31)23-8-4-9-24(17-23)32-2/h4,8-9,11-14,17,20H,5-7,10,15-16,18-19H2,1-3H3,(H,26,29)/t20-/m1/s1. The molecular weight excluding hydrogens is 438 g/mol. The van der Waals surface area contributed by atoms with E-state index in [0.717, 1.165) is 24.6 Å². The fraction of sp³-hybridized carbons (Fsp3) is 0.480. The molecule has 1 atom stereocenters. The number of benzene rings is 2. The van der Waals surface area contributed by atoms with E-state index in [0.29, 0.717) is 24.4 Å². The van der Waals surface area contributed by atoms with Gasteiger partial charge in [-0.3, -0.25) is 9.10 Å². The zero-order valence-electron chi connectivity index (χ0n) is 19.8. The molecule has 2 aromatic rings. The molecule has 8 heteroatoms. The number of rotatable bonds is 10. The van der Waals surface area contributed by atoms with Gasteiger partial charge in [0.1, 0.15) is 5.75 Å². The zero-order valence-corrected chi connectivity index (χ0v) is 20.6. The summed E-state index contributed by atoms with van der Waals surface area (Å²) in [6, 6.07) is 15.3. The predicted octanol–water partition coefficient (Wildman–Crippen LogP) is 3.79. The Hall–Kier alpha value is -2.74. The second kappa shape index (κ2) is 11.4. The molecule has 1 heterocycles. The molecule has 33 heavy (non-hydrogen) atoms. The van der Waals surface area contributed by atoms with Gasteiger partial charge in [-0.15, -0.1) is 0 Å². The molecule has 0 unspecified atom stereocenters. The van der Waals surface area contributed by atoms with E-state index in [1.165, 1.54) is 36.2 Å². The number of hydrogen-bond acceptors (Lipinski definition) is 5. The SMILES string of the molecule is COc1cccc(N(CCCC(=O)NCc2ccc(N3CCC[C@@H](C)C3)cc2)S(C)(=O)=O)c1. The molecule has 1 saturated heterocycles. The van der Waals surface area contributed by atoms with Crippen LogP contribution in [0, 0.1) is 5.92 Å². The van der Waals surface area contributed by atoms with Gasteiger partial charge in [0.2, 0.25) is 15.9 Å². The number of amides is 1. The number of methoxy groups -OCH3 is 1. The molecule has 7 nitrogen and oxygen atoms in total. The largest absolute Gasteiger partial charge is 0.497 e. The molecule has 0 radical (unpaired) electrons. The van der Waals surface area contributed by atoms with E-state index in [2.05, 4.69) is 41.4 Å². The van der Waals surface area contributed by atoms with Gasteiger partial charge in [-0.25, -0.2) is 8.42 Å². The predicted molar refractivity (Wildman–Crippen MR) is 133 cm³/mol. The van der Waals surface area contributed by atoms with Crippen molar-refractivity contribution in [3.8, 4) is 5.75 Å². The lowest BCUT2D eigenvalue weighted by atomic mass is 9.99. The maximum atomic E-state index is 12.3. The smallest absolute Gasteiger partial charge is 0.232 e. The molecule has 180 valence electrons. The third kappa shape index (κ3) is 7.39. The van der Waals surface area contributed by atoms with Crippen LogP contribution in [-0.4, -0.2) is 47.3 Å². The highest BCUT2D eigenvalue weighted by Gasteiger charge is 2.19. The molecule has 0 saturated carbocycles. The Morgan fingerprint density at radius 2 is 1.97 bits per heavy atom. The minimum absolute atomic E-state index is 0.0944. The number of anilines is 2. The number of carbonyl (C=O) groups excluding carboxylic acids is 1. The van der Waals surface area contributed by atoms with Crippen molar-refractivity contribution in [2.24, 2.45) is 5.92 Å². The summed E-state index contributed by atoms with van der Waals surface area (Å²) in [6.45, 7) is 5.17. The van der Waals surface area contributed by atoms with Crippen LogP contribution in [0.25, 0.3) is 0 Å². The average molecular weight is 474 g/mol. The van der Waals surface area contributed by atoms with E-state index in [9.17, 15) is 13.2 Å². The van der Waals surface area contributed by atoms with Gasteiger partial charge < -0.3 is 15.0 Å². The maximum Gasteiger partial charge on any atom is 0.232 e. The van der Waals surface area contributed by atoms with Gasteiger partial charge in [0.25, 0.3) is 0 Å². The highest BCUT2D eigenvalue weighted by molar-refractivity contribution is 7.92. The van der Waals surface area contributed by atoms with E-state index in [4.69, 9.17) is 4.74 Å². The number of carbonyl (C=O) groups is 1. The molecule has 0 spiro atoms. The van der Waals surface area contributed by atoms with Crippen LogP contribution in [-0.2, 0) is 21.4 Å². The van der Waals surface area contributed by atoms with E-state index >= 15 is 0 Å². The number of sulfonamides is 1. The van der Waals surface area contributed by atoms with E-state index in [1.807, 2.05) is 0 Å². The second-order valence-corrected chi connectivity index (χ2v) is 10.7. The van der Waals surface area contributed by atoms with Crippen LogP contribution < -0.4 is 19.3 Å². The first-order valence-electron chi connectivity index (χ1n) is 11.5. The van der Waals surface area contributed by atoms with Crippen molar-refractivity contribution in [2.75, 3.05) is 42.2 Å². The fourth-order valence-electron chi connectivity index (χ4n) is 4.17. The summed E-state index contributed by atoms with van der Waals surface area (Å²) >= 11 is 0. The van der Waals surface area contributed by atoms with Gasteiger partial charge in [-0.05, 0) is 55.0 Å². The van der Waals surface area contributed by atoms with Crippen molar-refractivity contribution in [3.63, 3.8) is 0 Å². The molecule has 2 aromatic carbocycles. The van der Waals surface area contributed by atoms with Gasteiger partial charge in [0.15, 0.2) is 0 Å². The quantitative estimate of drug-likeness (QED) is 0.568. The Kier molecular flexibility index (Phi) is 8.61. The van der Waals surface area contributed by atoms with Gasteiger partial charge >= 0.3 is 0 Å². The Balaban J connectivity index is 1.47. The van der Waals surface area contributed by atoms with Crippen LogP contribution in [0.1, 0.15) is 38.2 Å². The fourth-order valence-corrected chi connectivity index (χ4v) is 5.13. The summed E-state index contributed by atoms with van der Waals surface area (Å²) in [7, 11) is -1.93. The Bertz CT molecular complexity index is 1020. The van der Waals surface area contributed by atoms with E-state index in [1.54, 1.807) is 24.3 Å². The molecule has 3 rings (SSSR count).